The van der Waals surface area contributed by atoms with Gasteiger partial charge in [-0.1, -0.05) is 19.9 Å². The standard InChI is InChI=1S/C18H24N4O2/c1-3-5-15(8-11-23)21-18-16(12-20-17(4-2)22-18)24-13-14-6-9-19-10-7-14/h4,6-7,9-10,12,15,23H,2-3,5,8,11,13H2,1H3,(H,20,21,22)/t15-/m0/s1. The maximum Gasteiger partial charge on any atom is 0.180 e. The Morgan fingerprint density at radius 3 is 2.79 bits per heavy atom. The highest BCUT2D eigenvalue weighted by Gasteiger charge is 2.13. The molecule has 0 unspecified atom stereocenters. The van der Waals surface area contributed by atoms with Crippen LogP contribution in [-0.2, 0) is 6.61 Å². The summed E-state index contributed by atoms with van der Waals surface area (Å²) in [4.78, 5) is 12.7. The highest BCUT2D eigenvalue weighted by Crippen LogP contribution is 2.24. The molecule has 0 aromatic carbocycles. The fraction of sp³-hybridized carbons (Fsp3) is 0.389. The van der Waals surface area contributed by atoms with Crippen LogP contribution in [0.2, 0.25) is 0 Å². The maximum atomic E-state index is 9.24. The molecule has 0 aliphatic heterocycles. The fourth-order valence-electron chi connectivity index (χ4n) is 2.32. The molecule has 0 saturated carbocycles. The zero-order valence-corrected chi connectivity index (χ0v) is 14.0. The topological polar surface area (TPSA) is 80.2 Å². The third kappa shape index (κ3) is 5.31. The second-order valence-corrected chi connectivity index (χ2v) is 5.43. The summed E-state index contributed by atoms with van der Waals surface area (Å²) < 4.78 is 5.87. The lowest BCUT2D eigenvalue weighted by molar-refractivity contribution is 0.275. The molecule has 1 atom stereocenters. The van der Waals surface area contributed by atoms with Crippen LogP contribution in [-0.4, -0.2) is 32.7 Å². The minimum absolute atomic E-state index is 0.129. The molecule has 0 aliphatic carbocycles. The van der Waals surface area contributed by atoms with Crippen LogP contribution in [0.1, 0.15) is 37.6 Å². The van der Waals surface area contributed by atoms with E-state index in [0.29, 0.717) is 30.4 Å². The summed E-state index contributed by atoms with van der Waals surface area (Å²) in [6.45, 7) is 6.36. The maximum absolute atomic E-state index is 9.24. The second kappa shape index (κ2) is 9.62. The van der Waals surface area contributed by atoms with Crippen LogP contribution in [0.4, 0.5) is 5.82 Å². The first kappa shape index (κ1) is 17.9. The Kier molecular flexibility index (Phi) is 7.17. The zero-order valence-electron chi connectivity index (χ0n) is 14.0. The molecule has 2 rings (SSSR count). The van der Waals surface area contributed by atoms with Gasteiger partial charge in [-0.15, -0.1) is 0 Å². The van der Waals surface area contributed by atoms with Gasteiger partial charge in [0.25, 0.3) is 0 Å². The van der Waals surface area contributed by atoms with Gasteiger partial charge < -0.3 is 15.2 Å². The molecule has 2 aromatic rings. The van der Waals surface area contributed by atoms with Crippen molar-refractivity contribution in [3.8, 4) is 5.75 Å². The Balaban J connectivity index is 2.15. The van der Waals surface area contributed by atoms with Gasteiger partial charge in [-0.25, -0.2) is 9.97 Å². The summed E-state index contributed by atoms with van der Waals surface area (Å²) in [5.74, 6) is 1.74. The SMILES string of the molecule is C=Cc1ncc(OCc2ccncc2)c(N[C@@H](CCC)CCO)n1. The Bertz CT molecular complexity index is 628. The van der Waals surface area contributed by atoms with Crippen molar-refractivity contribution in [1.82, 2.24) is 15.0 Å². The van der Waals surface area contributed by atoms with E-state index in [1.165, 1.54) is 0 Å². The van der Waals surface area contributed by atoms with Crippen molar-refractivity contribution in [2.75, 3.05) is 11.9 Å². The lowest BCUT2D eigenvalue weighted by atomic mass is 10.1. The molecule has 128 valence electrons. The smallest absolute Gasteiger partial charge is 0.180 e. The third-order valence-corrected chi connectivity index (χ3v) is 3.56. The van der Waals surface area contributed by atoms with Crippen LogP contribution in [0.5, 0.6) is 5.75 Å². The lowest BCUT2D eigenvalue weighted by Gasteiger charge is -2.20. The minimum atomic E-state index is 0.129. The number of hydrogen-bond acceptors (Lipinski definition) is 6. The minimum Gasteiger partial charge on any atom is -0.483 e. The summed E-state index contributed by atoms with van der Waals surface area (Å²) in [5, 5.41) is 12.6. The molecule has 0 bridgehead atoms. The van der Waals surface area contributed by atoms with E-state index < -0.39 is 0 Å². The number of nitrogens with one attached hydrogen (secondary N) is 1. The van der Waals surface area contributed by atoms with E-state index in [0.717, 1.165) is 18.4 Å². The number of pyridine rings is 1. The van der Waals surface area contributed by atoms with Crippen molar-refractivity contribution in [1.29, 1.82) is 0 Å². The number of anilines is 1. The normalized spacial score (nSPS) is 11.8. The van der Waals surface area contributed by atoms with Gasteiger partial charge in [-0.3, -0.25) is 4.98 Å². The number of aliphatic hydroxyl groups is 1. The molecule has 0 spiro atoms. The van der Waals surface area contributed by atoms with E-state index in [1.807, 2.05) is 12.1 Å². The van der Waals surface area contributed by atoms with Crippen molar-refractivity contribution >= 4 is 11.9 Å². The highest BCUT2D eigenvalue weighted by molar-refractivity contribution is 5.52. The molecule has 0 amide bonds. The van der Waals surface area contributed by atoms with Crippen LogP contribution in [0.3, 0.4) is 0 Å². The summed E-state index contributed by atoms with van der Waals surface area (Å²) in [5.41, 5.74) is 1.02. The highest BCUT2D eigenvalue weighted by atomic mass is 16.5. The van der Waals surface area contributed by atoms with Crippen LogP contribution >= 0.6 is 0 Å². The van der Waals surface area contributed by atoms with Crippen molar-refractivity contribution < 1.29 is 9.84 Å². The van der Waals surface area contributed by atoms with Gasteiger partial charge >= 0.3 is 0 Å². The molecule has 2 aromatic heterocycles. The zero-order chi connectivity index (χ0) is 17.2. The molecular weight excluding hydrogens is 304 g/mol. The number of hydrogen-bond donors (Lipinski definition) is 2. The fourth-order valence-corrected chi connectivity index (χ4v) is 2.32. The van der Waals surface area contributed by atoms with Crippen molar-refractivity contribution in [3.05, 3.63) is 48.7 Å². The summed E-state index contributed by atoms with van der Waals surface area (Å²) in [6, 6.07) is 3.94. The molecule has 6 nitrogen and oxygen atoms in total. The van der Waals surface area contributed by atoms with E-state index >= 15 is 0 Å². The number of rotatable bonds is 10. The van der Waals surface area contributed by atoms with Crippen LogP contribution < -0.4 is 10.1 Å². The number of ether oxygens (including phenoxy) is 1. The Labute approximate surface area is 142 Å². The van der Waals surface area contributed by atoms with Gasteiger partial charge in [0.15, 0.2) is 17.4 Å². The molecule has 0 saturated heterocycles. The largest absolute Gasteiger partial charge is 0.483 e. The van der Waals surface area contributed by atoms with E-state index in [9.17, 15) is 5.11 Å². The molecule has 2 N–H and O–H groups in total. The van der Waals surface area contributed by atoms with Crippen LogP contribution in [0.25, 0.3) is 6.08 Å². The van der Waals surface area contributed by atoms with Crippen molar-refractivity contribution in [3.63, 3.8) is 0 Å². The molecule has 0 radical (unpaired) electrons. The third-order valence-electron chi connectivity index (χ3n) is 3.56. The Morgan fingerprint density at radius 2 is 2.12 bits per heavy atom. The summed E-state index contributed by atoms with van der Waals surface area (Å²) in [6.07, 6.45) is 9.32. The Morgan fingerprint density at radius 1 is 1.33 bits per heavy atom. The first-order valence-corrected chi connectivity index (χ1v) is 8.15. The number of nitrogens with zero attached hydrogens (tertiary/aromatic N) is 3. The van der Waals surface area contributed by atoms with Gasteiger partial charge in [0.2, 0.25) is 0 Å². The summed E-state index contributed by atoms with van der Waals surface area (Å²) >= 11 is 0. The molecule has 6 heteroatoms. The van der Waals surface area contributed by atoms with Gasteiger partial charge in [-0.2, -0.15) is 0 Å². The first-order valence-electron chi connectivity index (χ1n) is 8.15. The van der Waals surface area contributed by atoms with Gasteiger partial charge in [-0.05, 0) is 36.6 Å². The molecule has 2 heterocycles. The van der Waals surface area contributed by atoms with Crippen LogP contribution in [0, 0.1) is 0 Å². The predicted molar refractivity (Wildman–Crippen MR) is 94.7 cm³/mol. The van der Waals surface area contributed by atoms with E-state index in [-0.39, 0.29) is 12.6 Å². The average molecular weight is 328 g/mol. The lowest BCUT2D eigenvalue weighted by Crippen LogP contribution is -2.22. The van der Waals surface area contributed by atoms with Gasteiger partial charge in [0.1, 0.15) is 6.61 Å². The van der Waals surface area contributed by atoms with E-state index in [2.05, 4.69) is 33.8 Å². The Hall–Kier alpha value is -2.47. The molecule has 0 fully saturated rings. The van der Waals surface area contributed by atoms with Gasteiger partial charge in [0.05, 0.1) is 6.20 Å². The summed E-state index contributed by atoms with van der Waals surface area (Å²) in [7, 11) is 0. The monoisotopic (exact) mass is 328 g/mol. The second-order valence-electron chi connectivity index (χ2n) is 5.43. The average Bonchev–Trinajstić information content (AvgIpc) is 2.62. The molecular formula is C18H24N4O2. The number of aromatic nitrogens is 3. The van der Waals surface area contributed by atoms with E-state index in [4.69, 9.17) is 4.74 Å². The molecule has 24 heavy (non-hydrogen) atoms. The molecule has 0 aliphatic rings. The quantitative estimate of drug-likeness (QED) is 0.698. The number of aliphatic hydroxyl groups excluding tert-OH is 1. The van der Waals surface area contributed by atoms with E-state index in [1.54, 1.807) is 24.7 Å². The van der Waals surface area contributed by atoms with Crippen LogP contribution in [0.15, 0.2) is 37.3 Å². The predicted octanol–water partition coefficient (Wildman–Crippen LogP) is 3.06. The van der Waals surface area contributed by atoms with Crippen molar-refractivity contribution in [2.24, 2.45) is 0 Å². The first-order chi connectivity index (χ1) is 11.8. The van der Waals surface area contributed by atoms with Gasteiger partial charge in [0, 0.05) is 25.0 Å². The van der Waals surface area contributed by atoms with Crippen molar-refractivity contribution in [2.45, 2.75) is 38.8 Å².